The number of amides is 1. The first-order valence-electron chi connectivity index (χ1n) is 5.48. The van der Waals surface area contributed by atoms with E-state index in [1.807, 2.05) is 37.3 Å². The van der Waals surface area contributed by atoms with Crippen molar-refractivity contribution < 1.29 is 9.53 Å². The van der Waals surface area contributed by atoms with Gasteiger partial charge in [0.25, 0.3) is 0 Å². The maximum atomic E-state index is 11.2. The Hall–Kier alpha value is -1.55. The van der Waals surface area contributed by atoms with Crippen molar-refractivity contribution in [3.8, 4) is 0 Å². The van der Waals surface area contributed by atoms with Gasteiger partial charge in [0.15, 0.2) is 0 Å². The number of nitrogens with one attached hydrogen (secondary N) is 2. The van der Waals surface area contributed by atoms with Crippen LogP contribution < -0.4 is 10.6 Å². The van der Waals surface area contributed by atoms with Gasteiger partial charge in [-0.05, 0) is 12.1 Å². The van der Waals surface area contributed by atoms with Crippen molar-refractivity contribution >= 4 is 6.09 Å². The van der Waals surface area contributed by atoms with Gasteiger partial charge in [0.2, 0.25) is 0 Å². The molecule has 0 aliphatic carbocycles. The summed E-state index contributed by atoms with van der Waals surface area (Å²) in [4.78, 5) is 11.2. The second-order valence-electron chi connectivity index (χ2n) is 3.33. The number of alkyl carbamates (subject to hydrolysis) is 1. The van der Waals surface area contributed by atoms with Crippen molar-refractivity contribution in [1.82, 2.24) is 10.6 Å². The molecule has 88 valence electrons. The van der Waals surface area contributed by atoms with Crippen molar-refractivity contribution in [1.29, 1.82) is 0 Å². The van der Waals surface area contributed by atoms with Crippen molar-refractivity contribution in [2.75, 3.05) is 19.7 Å². The topological polar surface area (TPSA) is 50.4 Å². The molecule has 1 aromatic rings. The first-order chi connectivity index (χ1) is 7.83. The molecule has 0 spiro atoms. The first-order valence-corrected chi connectivity index (χ1v) is 5.48. The fraction of sp³-hybridized carbons (Fsp3) is 0.417. The minimum atomic E-state index is -0.373. The summed E-state index contributed by atoms with van der Waals surface area (Å²) in [6.07, 6.45) is -0.373. The highest BCUT2D eigenvalue weighted by atomic mass is 16.5. The van der Waals surface area contributed by atoms with Crippen LogP contribution in [0.1, 0.15) is 12.5 Å². The Balaban J connectivity index is 2.11. The van der Waals surface area contributed by atoms with Gasteiger partial charge in [-0.15, -0.1) is 0 Å². The molecular formula is C12H18N2O2. The maximum absolute atomic E-state index is 11.2. The molecule has 0 saturated heterocycles. The predicted octanol–water partition coefficient (Wildman–Crippen LogP) is 1.52. The second-order valence-corrected chi connectivity index (χ2v) is 3.33. The number of rotatable bonds is 6. The predicted molar refractivity (Wildman–Crippen MR) is 63.2 cm³/mol. The fourth-order valence-electron chi connectivity index (χ4n) is 1.21. The molecule has 0 fully saturated rings. The summed E-state index contributed by atoms with van der Waals surface area (Å²) in [6, 6.07) is 9.73. The highest BCUT2D eigenvalue weighted by Gasteiger charge is 2.00. The summed E-state index contributed by atoms with van der Waals surface area (Å²) < 4.78 is 4.95. The maximum Gasteiger partial charge on any atom is 0.407 e. The van der Waals surface area contributed by atoms with Gasteiger partial charge in [-0.25, -0.2) is 4.79 Å². The van der Waals surface area contributed by atoms with Gasteiger partial charge in [0.1, 0.15) is 6.61 Å². The van der Waals surface area contributed by atoms with E-state index in [-0.39, 0.29) is 6.09 Å². The lowest BCUT2D eigenvalue weighted by atomic mass is 10.2. The van der Waals surface area contributed by atoms with Gasteiger partial charge in [0, 0.05) is 13.1 Å². The number of hydrogen-bond donors (Lipinski definition) is 2. The second kappa shape index (κ2) is 7.70. The number of carbonyl (C=O) groups is 1. The van der Waals surface area contributed by atoms with E-state index >= 15 is 0 Å². The third kappa shape index (κ3) is 5.36. The van der Waals surface area contributed by atoms with Crippen molar-refractivity contribution in [3.05, 3.63) is 35.9 Å². The van der Waals surface area contributed by atoms with Crippen LogP contribution in [0, 0.1) is 0 Å². The summed E-state index contributed by atoms with van der Waals surface area (Å²) in [7, 11) is 0. The SMILES string of the molecule is CCNCCOC(=O)NCc1ccccc1. The van der Waals surface area contributed by atoms with E-state index in [0.717, 1.165) is 12.1 Å². The Kier molecular flexibility index (Phi) is 6.03. The lowest BCUT2D eigenvalue weighted by Gasteiger charge is -2.07. The summed E-state index contributed by atoms with van der Waals surface area (Å²) in [6.45, 7) is 4.48. The molecule has 4 heteroatoms. The van der Waals surface area contributed by atoms with Crippen molar-refractivity contribution in [2.24, 2.45) is 0 Å². The van der Waals surface area contributed by atoms with Crippen LogP contribution in [0.15, 0.2) is 30.3 Å². The van der Waals surface area contributed by atoms with E-state index in [1.165, 1.54) is 0 Å². The van der Waals surface area contributed by atoms with Crippen LogP contribution in [0.5, 0.6) is 0 Å². The number of benzene rings is 1. The summed E-state index contributed by atoms with van der Waals surface area (Å²) >= 11 is 0. The van der Waals surface area contributed by atoms with Gasteiger partial charge in [-0.2, -0.15) is 0 Å². The van der Waals surface area contributed by atoms with Gasteiger partial charge in [0.05, 0.1) is 0 Å². The molecule has 0 saturated carbocycles. The monoisotopic (exact) mass is 222 g/mol. The van der Waals surface area contributed by atoms with E-state index < -0.39 is 0 Å². The number of likely N-dealkylation sites (N-methyl/N-ethyl adjacent to an activating group) is 1. The van der Waals surface area contributed by atoms with E-state index in [9.17, 15) is 4.79 Å². The Morgan fingerprint density at radius 1 is 1.31 bits per heavy atom. The highest BCUT2D eigenvalue weighted by molar-refractivity contribution is 5.67. The standard InChI is InChI=1S/C12H18N2O2/c1-2-13-8-9-16-12(15)14-10-11-6-4-3-5-7-11/h3-7,13H,2,8-10H2,1H3,(H,14,15). The molecular weight excluding hydrogens is 204 g/mol. The first kappa shape index (κ1) is 12.5. The molecule has 0 radical (unpaired) electrons. The smallest absolute Gasteiger partial charge is 0.407 e. The van der Waals surface area contributed by atoms with E-state index in [2.05, 4.69) is 10.6 Å². The minimum absolute atomic E-state index is 0.373. The summed E-state index contributed by atoms with van der Waals surface area (Å²) in [5, 5.41) is 5.76. The van der Waals surface area contributed by atoms with Crippen LogP contribution in [0.4, 0.5) is 4.79 Å². The Morgan fingerprint density at radius 3 is 2.75 bits per heavy atom. The number of hydrogen-bond acceptors (Lipinski definition) is 3. The molecule has 1 amide bonds. The van der Waals surface area contributed by atoms with Gasteiger partial charge < -0.3 is 15.4 Å². The molecule has 1 rings (SSSR count). The molecule has 0 atom stereocenters. The van der Waals surface area contributed by atoms with Crippen LogP contribution in [0.2, 0.25) is 0 Å². The summed E-state index contributed by atoms with van der Waals surface area (Å²) in [5.41, 5.74) is 1.06. The van der Waals surface area contributed by atoms with Gasteiger partial charge >= 0.3 is 6.09 Å². The van der Waals surface area contributed by atoms with Gasteiger partial charge in [-0.1, -0.05) is 37.3 Å². The average Bonchev–Trinajstić information content (AvgIpc) is 2.33. The van der Waals surface area contributed by atoms with Crippen LogP contribution in [-0.2, 0) is 11.3 Å². The highest BCUT2D eigenvalue weighted by Crippen LogP contribution is 1.97. The van der Waals surface area contributed by atoms with Gasteiger partial charge in [-0.3, -0.25) is 0 Å². The molecule has 0 heterocycles. The molecule has 16 heavy (non-hydrogen) atoms. The zero-order chi connectivity index (χ0) is 11.6. The normalized spacial score (nSPS) is 9.81. The molecule has 0 aromatic heterocycles. The van der Waals surface area contributed by atoms with E-state index in [0.29, 0.717) is 19.7 Å². The lowest BCUT2D eigenvalue weighted by molar-refractivity contribution is 0.146. The number of ether oxygens (including phenoxy) is 1. The quantitative estimate of drug-likeness (QED) is 0.717. The van der Waals surface area contributed by atoms with Crippen LogP contribution in [-0.4, -0.2) is 25.8 Å². The molecule has 0 aliphatic rings. The fourth-order valence-corrected chi connectivity index (χ4v) is 1.21. The third-order valence-electron chi connectivity index (χ3n) is 2.04. The molecule has 4 nitrogen and oxygen atoms in total. The van der Waals surface area contributed by atoms with Crippen molar-refractivity contribution in [2.45, 2.75) is 13.5 Å². The molecule has 0 aliphatic heterocycles. The minimum Gasteiger partial charge on any atom is -0.448 e. The zero-order valence-electron chi connectivity index (χ0n) is 9.53. The molecule has 2 N–H and O–H groups in total. The third-order valence-corrected chi connectivity index (χ3v) is 2.04. The Labute approximate surface area is 96.0 Å². The Morgan fingerprint density at radius 2 is 2.06 bits per heavy atom. The van der Waals surface area contributed by atoms with E-state index in [1.54, 1.807) is 0 Å². The van der Waals surface area contributed by atoms with E-state index in [4.69, 9.17) is 4.74 Å². The largest absolute Gasteiger partial charge is 0.448 e. The van der Waals surface area contributed by atoms with Crippen molar-refractivity contribution in [3.63, 3.8) is 0 Å². The summed E-state index contributed by atoms with van der Waals surface area (Å²) in [5.74, 6) is 0. The average molecular weight is 222 g/mol. The molecule has 0 unspecified atom stereocenters. The molecule has 1 aromatic carbocycles. The van der Waals surface area contributed by atoms with Crippen LogP contribution >= 0.6 is 0 Å². The molecule has 0 bridgehead atoms. The van der Waals surface area contributed by atoms with Crippen LogP contribution in [0.25, 0.3) is 0 Å². The lowest BCUT2D eigenvalue weighted by Crippen LogP contribution is -2.27. The zero-order valence-corrected chi connectivity index (χ0v) is 9.53. The number of carbonyl (C=O) groups excluding carboxylic acids is 1. The Bertz CT molecular complexity index is 301. The van der Waals surface area contributed by atoms with Crippen LogP contribution in [0.3, 0.4) is 0 Å².